The molecule has 0 aromatic carbocycles. The van der Waals surface area contributed by atoms with Gasteiger partial charge in [0.05, 0.1) is 5.60 Å². The van der Waals surface area contributed by atoms with Crippen LogP contribution in [0.15, 0.2) is 0 Å². The Bertz CT molecular complexity index is 503. The standard InChI is InChI=1S/C14H27F2N3O3S/c1-3-18(4-2)23(21,22)19-10-5-13(20,12-19)11-17-8-6-14(15,16)7-9-17/h20H,3-12H2,1-2H3. The smallest absolute Gasteiger partial charge is 0.282 e. The third-order valence-corrected chi connectivity index (χ3v) is 6.89. The molecule has 2 aliphatic rings. The van der Waals surface area contributed by atoms with Crippen LogP contribution in [0.4, 0.5) is 8.78 Å². The lowest BCUT2D eigenvalue weighted by atomic mass is 10.00. The first-order valence-corrected chi connectivity index (χ1v) is 9.59. The molecule has 6 nitrogen and oxygen atoms in total. The van der Waals surface area contributed by atoms with E-state index < -0.39 is 21.7 Å². The summed E-state index contributed by atoms with van der Waals surface area (Å²) in [7, 11) is -3.56. The van der Waals surface area contributed by atoms with Crippen LogP contribution >= 0.6 is 0 Å². The van der Waals surface area contributed by atoms with Gasteiger partial charge in [0.2, 0.25) is 0 Å². The molecule has 136 valence electrons. The maximum atomic E-state index is 13.2. The average Bonchev–Trinajstić information content (AvgIpc) is 2.86. The normalized spacial score (nSPS) is 30.2. The van der Waals surface area contributed by atoms with Gasteiger partial charge in [-0.1, -0.05) is 13.8 Å². The fourth-order valence-corrected chi connectivity index (χ4v) is 5.02. The fraction of sp³-hybridized carbons (Fsp3) is 1.00. The summed E-state index contributed by atoms with van der Waals surface area (Å²) in [5.41, 5.74) is -1.16. The zero-order chi connectivity index (χ0) is 17.3. The van der Waals surface area contributed by atoms with Gasteiger partial charge in [0.25, 0.3) is 16.1 Å². The first-order valence-electron chi connectivity index (χ1n) is 8.20. The van der Waals surface area contributed by atoms with Crippen molar-refractivity contribution in [2.24, 2.45) is 0 Å². The second-order valence-electron chi connectivity index (χ2n) is 6.53. The summed E-state index contributed by atoms with van der Waals surface area (Å²) >= 11 is 0. The van der Waals surface area contributed by atoms with Gasteiger partial charge in [-0.3, -0.25) is 4.90 Å². The largest absolute Gasteiger partial charge is 0.387 e. The van der Waals surface area contributed by atoms with Crippen LogP contribution in [0.25, 0.3) is 0 Å². The van der Waals surface area contributed by atoms with Gasteiger partial charge in [0.15, 0.2) is 0 Å². The first kappa shape index (κ1) is 19.0. The quantitative estimate of drug-likeness (QED) is 0.763. The third-order valence-electron chi connectivity index (χ3n) is 4.76. The topological polar surface area (TPSA) is 64.1 Å². The maximum absolute atomic E-state index is 13.2. The molecule has 2 aliphatic heterocycles. The molecule has 2 saturated heterocycles. The zero-order valence-corrected chi connectivity index (χ0v) is 14.7. The van der Waals surface area contributed by atoms with Gasteiger partial charge in [-0.05, 0) is 6.42 Å². The van der Waals surface area contributed by atoms with Crippen LogP contribution in [-0.4, -0.2) is 84.4 Å². The van der Waals surface area contributed by atoms with Gasteiger partial charge < -0.3 is 5.11 Å². The highest BCUT2D eigenvalue weighted by Gasteiger charge is 2.45. The van der Waals surface area contributed by atoms with Gasteiger partial charge in [0.1, 0.15) is 0 Å². The van der Waals surface area contributed by atoms with E-state index in [9.17, 15) is 22.3 Å². The van der Waals surface area contributed by atoms with E-state index in [2.05, 4.69) is 0 Å². The van der Waals surface area contributed by atoms with Crippen molar-refractivity contribution in [2.75, 3.05) is 45.8 Å². The monoisotopic (exact) mass is 355 g/mol. The molecule has 2 heterocycles. The number of halogens is 2. The summed E-state index contributed by atoms with van der Waals surface area (Å²) in [4.78, 5) is 1.81. The summed E-state index contributed by atoms with van der Waals surface area (Å²) < 4.78 is 54.0. The van der Waals surface area contributed by atoms with Crippen LogP contribution in [0.1, 0.15) is 33.1 Å². The molecule has 0 aromatic heterocycles. The minimum atomic E-state index is -3.56. The number of likely N-dealkylation sites (tertiary alicyclic amines) is 1. The predicted molar refractivity (Wildman–Crippen MR) is 83.6 cm³/mol. The van der Waals surface area contributed by atoms with E-state index in [1.54, 1.807) is 13.8 Å². The highest BCUT2D eigenvalue weighted by Crippen LogP contribution is 2.31. The lowest BCUT2D eigenvalue weighted by Crippen LogP contribution is -2.50. The van der Waals surface area contributed by atoms with E-state index in [1.807, 2.05) is 4.90 Å². The van der Waals surface area contributed by atoms with Gasteiger partial charge >= 0.3 is 0 Å². The fourth-order valence-electron chi connectivity index (χ4n) is 3.31. The number of hydrogen-bond donors (Lipinski definition) is 1. The number of alkyl halides is 2. The molecule has 9 heteroatoms. The molecule has 0 saturated carbocycles. The van der Waals surface area contributed by atoms with E-state index >= 15 is 0 Å². The van der Waals surface area contributed by atoms with Crippen molar-refractivity contribution >= 4 is 10.2 Å². The number of aliphatic hydroxyl groups is 1. The van der Waals surface area contributed by atoms with Crippen molar-refractivity contribution in [1.29, 1.82) is 0 Å². The zero-order valence-electron chi connectivity index (χ0n) is 13.8. The highest BCUT2D eigenvalue weighted by atomic mass is 32.2. The number of piperidine rings is 1. The Morgan fingerprint density at radius 3 is 2.17 bits per heavy atom. The van der Waals surface area contributed by atoms with E-state index in [-0.39, 0.29) is 45.6 Å². The van der Waals surface area contributed by atoms with Crippen molar-refractivity contribution in [3.63, 3.8) is 0 Å². The minimum Gasteiger partial charge on any atom is -0.387 e. The van der Waals surface area contributed by atoms with Gasteiger partial charge in [-0.2, -0.15) is 17.0 Å². The Morgan fingerprint density at radius 1 is 1.09 bits per heavy atom. The Kier molecular flexibility index (Phi) is 5.67. The van der Waals surface area contributed by atoms with Crippen LogP contribution in [0.2, 0.25) is 0 Å². The van der Waals surface area contributed by atoms with Gasteiger partial charge in [0, 0.05) is 58.7 Å². The molecule has 0 aromatic rings. The molecule has 0 amide bonds. The Balaban J connectivity index is 1.96. The van der Waals surface area contributed by atoms with Gasteiger partial charge in [-0.25, -0.2) is 8.78 Å². The molecule has 0 spiro atoms. The van der Waals surface area contributed by atoms with Crippen LogP contribution in [0.5, 0.6) is 0 Å². The second kappa shape index (κ2) is 6.87. The van der Waals surface area contributed by atoms with Gasteiger partial charge in [-0.15, -0.1) is 0 Å². The van der Waals surface area contributed by atoms with Crippen LogP contribution < -0.4 is 0 Å². The predicted octanol–water partition coefficient (Wildman–Crippen LogP) is 0.741. The molecule has 23 heavy (non-hydrogen) atoms. The molecule has 2 fully saturated rings. The Labute approximate surface area is 137 Å². The van der Waals surface area contributed by atoms with Crippen molar-refractivity contribution < 1.29 is 22.3 Å². The summed E-state index contributed by atoms with van der Waals surface area (Å²) in [6.07, 6.45) is -0.0739. The Hall–Kier alpha value is -0.350. The minimum absolute atomic E-state index is 0.0265. The molecule has 1 atom stereocenters. The molecule has 0 bridgehead atoms. The lowest BCUT2D eigenvalue weighted by molar-refractivity contribution is -0.0716. The maximum Gasteiger partial charge on any atom is 0.282 e. The first-order chi connectivity index (χ1) is 10.6. The third kappa shape index (κ3) is 4.39. The molecule has 2 rings (SSSR count). The van der Waals surface area contributed by atoms with Crippen molar-refractivity contribution in [3.8, 4) is 0 Å². The average molecular weight is 355 g/mol. The van der Waals surface area contributed by atoms with Crippen LogP contribution in [-0.2, 0) is 10.2 Å². The van der Waals surface area contributed by atoms with Crippen molar-refractivity contribution in [1.82, 2.24) is 13.5 Å². The number of β-amino-alcohol motifs (C(OH)–C–C–N with tert-alkyl or cyclic N) is 1. The molecular formula is C14H27F2N3O3S. The molecule has 0 radical (unpaired) electrons. The number of nitrogens with zero attached hydrogens (tertiary/aromatic N) is 3. The van der Waals surface area contributed by atoms with E-state index in [4.69, 9.17) is 0 Å². The summed E-state index contributed by atoms with van der Waals surface area (Å²) in [5.74, 6) is -2.62. The number of rotatable bonds is 6. The SMILES string of the molecule is CCN(CC)S(=O)(=O)N1CCC(O)(CN2CCC(F)(F)CC2)C1. The van der Waals surface area contributed by atoms with E-state index in [0.717, 1.165) is 0 Å². The van der Waals surface area contributed by atoms with Crippen molar-refractivity contribution in [3.05, 3.63) is 0 Å². The van der Waals surface area contributed by atoms with Crippen LogP contribution in [0.3, 0.4) is 0 Å². The highest BCUT2D eigenvalue weighted by molar-refractivity contribution is 7.86. The summed E-state index contributed by atoms with van der Waals surface area (Å²) in [6, 6.07) is 0. The van der Waals surface area contributed by atoms with E-state index in [1.165, 1.54) is 8.61 Å². The van der Waals surface area contributed by atoms with Crippen LogP contribution in [0, 0.1) is 0 Å². The summed E-state index contributed by atoms with van der Waals surface area (Å²) in [6.45, 7) is 5.32. The van der Waals surface area contributed by atoms with Crippen molar-refractivity contribution in [2.45, 2.75) is 44.6 Å². The Morgan fingerprint density at radius 2 is 1.65 bits per heavy atom. The lowest BCUT2D eigenvalue weighted by Gasteiger charge is -2.36. The number of hydrogen-bond acceptors (Lipinski definition) is 4. The van der Waals surface area contributed by atoms with E-state index in [0.29, 0.717) is 19.5 Å². The molecule has 0 aliphatic carbocycles. The molecule has 1 N–H and O–H groups in total. The molecule has 1 unspecified atom stereocenters. The second-order valence-corrected chi connectivity index (χ2v) is 8.46. The molecular weight excluding hydrogens is 328 g/mol. The summed E-state index contributed by atoms with van der Waals surface area (Å²) in [5, 5.41) is 10.7.